The summed E-state index contributed by atoms with van der Waals surface area (Å²) in [4.78, 5) is 14.7. The van der Waals surface area contributed by atoms with Crippen molar-refractivity contribution in [2.24, 2.45) is 7.05 Å². The van der Waals surface area contributed by atoms with E-state index in [1.54, 1.807) is 36.1 Å². The van der Waals surface area contributed by atoms with E-state index >= 15 is 0 Å². The molecule has 194 valence electrons. The van der Waals surface area contributed by atoms with Crippen LogP contribution in [0.25, 0.3) is 33.6 Å². The molecule has 1 fully saturated rings. The van der Waals surface area contributed by atoms with Crippen molar-refractivity contribution in [3.05, 3.63) is 71.8 Å². The summed E-state index contributed by atoms with van der Waals surface area (Å²) >= 11 is 0. The molecule has 10 nitrogen and oxygen atoms in total. The number of aryl methyl sites for hydroxylation is 1. The lowest BCUT2D eigenvalue weighted by Crippen LogP contribution is -2.48. The maximum absolute atomic E-state index is 14.6. The summed E-state index contributed by atoms with van der Waals surface area (Å²) in [6.07, 6.45) is 3.84. The fourth-order valence-corrected chi connectivity index (χ4v) is 4.55. The van der Waals surface area contributed by atoms with Crippen LogP contribution >= 0.6 is 0 Å². The number of amides is 1. The van der Waals surface area contributed by atoms with E-state index in [0.29, 0.717) is 59.2 Å². The number of aromatic nitrogens is 5. The van der Waals surface area contributed by atoms with Crippen LogP contribution in [0.3, 0.4) is 0 Å². The van der Waals surface area contributed by atoms with Gasteiger partial charge in [0.15, 0.2) is 17.3 Å². The topological polar surface area (TPSA) is 111 Å². The lowest BCUT2D eigenvalue weighted by atomic mass is 9.93. The van der Waals surface area contributed by atoms with Crippen LogP contribution in [-0.4, -0.2) is 69.4 Å². The number of likely N-dealkylation sites (tertiary alicyclic amines) is 1. The number of rotatable bonds is 8. The lowest BCUT2D eigenvalue weighted by Gasteiger charge is -2.39. The fraction of sp³-hybridized carbons (Fsp3) is 0.259. The van der Waals surface area contributed by atoms with Crippen molar-refractivity contribution in [2.75, 3.05) is 33.4 Å². The van der Waals surface area contributed by atoms with Gasteiger partial charge in [0.2, 0.25) is 0 Å². The van der Waals surface area contributed by atoms with Gasteiger partial charge in [0, 0.05) is 68.0 Å². The molecule has 1 aliphatic heterocycles. The fourth-order valence-electron chi connectivity index (χ4n) is 4.55. The normalized spacial score (nSPS) is 13.7. The van der Waals surface area contributed by atoms with Crippen LogP contribution in [0.2, 0.25) is 0 Å². The van der Waals surface area contributed by atoms with E-state index < -0.39 is 5.82 Å². The van der Waals surface area contributed by atoms with Gasteiger partial charge in [-0.3, -0.25) is 14.6 Å². The molecule has 0 spiro atoms. The van der Waals surface area contributed by atoms with Crippen LogP contribution in [0, 0.1) is 5.82 Å². The molecule has 2 aromatic carbocycles. The third kappa shape index (κ3) is 4.41. The third-order valence-corrected chi connectivity index (χ3v) is 6.70. The molecule has 1 N–H and O–H groups in total. The maximum atomic E-state index is 14.6. The first kappa shape index (κ1) is 23.9. The second kappa shape index (κ2) is 9.75. The number of nitrogens with zero attached hydrogens (tertiary/aromatic N) is 5. The van der Waals surface area contributed by atoms with Crippen LogP contribution in [-0.2, 0) is 11.8 Å². The van der Waals surface area contributed by atoms with E-state index in [2.05, 4.69) is 20.5 Å². The zero-order valence-corrected chi connectivity index (χ0v) is 20.8. The molecule has 0 unspecified atom stereocenters. The highest BCUT2D eigenvalue weighted by molar-refractivity contribution is 5.95. The molecule has 1 saturated heterocycles. The van der Waals surface area contributed by atoms with Crippen molar-refractivity contribution in [1.82, 2.24) is 30.0 Å². The van der Waals surface area contributed by atoms with Gasteiger partial charge in [0.25, 0.3) is 5.91 Å². The lowest BCUT2D eigenvalue weighted by molar-refractivity contribution is 0.0602. The van der Waals surface area contributed by atoms with Gasteiger partial charge < -0.3 is 18.9 Å². The summed E-state index contributed by atoms with van der Waals surface area (Å²) in [5, 5.41) is 16.1. The summed E-state index contributed by atoms with van der Waals surface area (Å²) in [7, 11) is 3.44. The summed E-state index contributed by atoms with van der Waals surface area (Å²) in [5.41, 5.74) is 4.17. The second-order valence-corrected chi connectivity index (χ2v) is 9.25. The van der Waals surface area contributed by atoms with Crippen LogP contribution in [0.1, 0.15) is 21.8 Å². The molecular weight excluding hydrogens is 491 g/mol. The largest absolute Gasteiger partial charge is 0.488 e. The first-order valence-electron chi connectivity index (χ1n) is 12.1. The SMILES string of the molecule is COCCOc1cc2[nH]nc(-c3cc(-c4ccc(C(=O)N5CC(c6cnn(C)c6)C5)cc4)no3)c2cc1F. The van der Waals surface area contributed by atoms with Crippen molar-refractivity contribution < 1.29 is 23.2 Å². The number of hydrogen-bond acceptors (Lipinski definition) is 7. The molecule has 5 aromatic rings. The van der Waals surface area contributed by atoms with Crippen molar-refractivity contribution in [1.29, 1.82) is 0 Å². The van der Waals surface area contributed by atoms with Gasteiger partial charge >= 0.3 is 0 Å². The van der Waals surface area contributed by atoms with Crippen LogP contribution < -0.4 is 4.74 Å². The molecule has 38 heavy (non-hydrogen) atoms. The Morgan fingerprint density at radius 2 is 2.00 bits per heavy atom. The number of aromatic amines is 1. The zero-order chi connectivity index (χ0) is 26.2. The standard InChI is InChI=1S/C27H25FN6O4/c1-33-13-18(12-29-33)19-14-34(15-19)27(35)17-5-3-16(4-6-17)22-10-25(38-32-22)26-20-9-21(28)24(37-8-7-36-2)11-23(20)30-31-26/h3-6,9-13,19H,7-8,14-15H2,1-2H3,(H,30,31). The number of halogens is 1. The Bertz CT molecular complexity index is 1600. The average molecular weight is 517 g/mol. The number of benzene rings is 2. The number of H-pyrrole nitrogens is 1. The molecule has 3 aromatic heterocycles. The van der Waals surface area contributed by atoms with Gasteiger partial charge in [-0.2, -0.15) is 10.2 Å². The summed E-state index contributed by atoms with van der Waals surface area (Å²) in [6.45, 7) is 1.95. The van der Waals surface area contributed by atoms with E-state index in [4.69, 9.17) is 14.0 Å². The van der Waals surface area contributed by atoms with E-state index in [9.17, 15) is 9.18 Å². The highest BCUT2D eigenvalue weighted by atomic mass is 19.1. The Hall–Kier alpha value is -4.51. The average Bonchev–Trinajstić information content (AvgIpc) is 3.63. The minimum Gasteiger partial charge on any atom is -0.488 e. The molecule has 1 amide bonds. The molecule has 4 heterocycles. The van der Waals surface area contributed by atoms with Crippen molar-refractivity contribution in [3.8, 4) is 28.5 Å². The number of ether oxygens (including phenoxy) is 2. The minimum absolute atomic E-state index is 0.00637. The van der Waals surface area contributed by atoms with Gasteiger partial charge in [-0.15, -0.1) is 0 Å². The highest BCUT2D eigenvalue weighted by Gasteiger charge is 2.33. The summed E-state index contributed by atoms with van der Waals surface area (Å²) in [5.74, 6) is 0.310. The van der Waals surface area contributed by atoms with Crippen LogP contribution in [0.5, 0.6) is 5.75 Å². The van der Waals surface area contributed by atoms with Gasteiger partial charge in [-0.25, -0.2) is 4.39 Å². The number of carbonyl (C=O) groups is 1. The van der Waals surface area contributed by atoms with Gasteiger partial charge in [-0.1, -0.05) is 17.3 Å². The Labute approximate surface area is 216 Å². The summed E-state index contributed by atoms with van der Waals surface area (Å²) in [6, 6.07) is 11.9. The first-order chi connectivity index (χ1) is 18.5. The molecule has 6 rings (SSSR count). The smallest absolute Gasteiger partial charge is 0.253 e. The number of hydrogen-bond donors (Lipinski definition) is 1. The summed E-state index contributed by atoms with van der Waals surface area (Å²) < 4.78 is 32.3. The van der Waals surface area contributed by atoms with Crippen LogP contribution in [0.15, 0.2) is 59.4 Å². The molecule has 1 aliphatic rings. The Balaban J connectivity index is 1.15. The zero-order valence-electron chi connectivity index (χ0n) is 20.8. The Morgan fingerprint density at radius 3 is 2.74 bits per heavy atom. The van der Waals surface area contributed by atoms with Gasteiger partial charge in [0.05, 0.1) is 18.3 Å². The van der Waals surface area contributed by atoms with Crippen LogP contribution in [0.4, 0.5) is 4.39 Å². The van der Waals surface area contributed by atoms with E-state index in [-0.39, 0.29) is 18.3 Å². The Kier molecular flexibility index (Phi) is 6.12. The molecule has 11 heteroatoms. The molecule has 0 saturated carbocycles. The Morgan fingerprint density at radius 1 is 1.18 bits per heavy atom. The molecule has 0 aliphatic carbocycles. The predicted octanol–water partition coefficient (Wildman–Crippen LogP) is 4.02. The van der Waals surface area contributed by atoms with Crippen molar-refractivity contribution >= 4 is 16.8 Å². The third-order valence-electron chi connectivity index (χ3n) is 6.70. The van der Waals surface area contributed by atoms with Gasteiger partial charge in [0.1, 0.15) is 18.0 Å². The van der Waals surface area contributed by atoms with Crippen molar-refractivity contribution in [3.63, 3.8) is 0 Å². The molecule has 0 radical (unpaired) electrons. The minimum atomic E-state index is -0.509. The van der Waals surface area contributed by atoms with E-state index in [1.165, 1.54) is 6.07 Å². The highest BCUT2D eigenvalue weighted by Crippen LogP contribution is 2.33. The predicted molar refractivity (Wildman–Crippen MR) is 136 cm³/mol. The molecular formula is C27H25FN6O4. The quantitative estimate of drug-likeness (QED) is 0.310. The van der Waals surface area contributed by atoms with E-state index in [1.807, 2.05) is 36.5 Å². The number of methoxy groups -OCH3 is 1. The number of nitrogens with one attached hydrogen (secondary N) is 1. The monoisotopic (exact) mass is 516 g/mol. The molecule has 0 bridgehead atoms. The molecule has 0 atom stereocenters. The van der Waals surface area contributed by atoms with Gasteiger partial charge in [-0.05, 0) is 23.8 Å². The second-order valence-electron chi connectivity index (χ2n) is 9.25. The number of carbonyl (C=O) groups excluding carboxylic acids is 1. The maximum Gasteiger partial charge on any atom is 0.253 e. The van der Waals surface area contributed by atoms with E-state index in [0.717, 1.165) is 11.1 Å². The number of fused-ring (bicyclic) bond motifs is 1. The first-order valence-corrected chi connectivity index (χ1v) is 12.1. The van der Waals surface area contributed by atoms with Crippen molar-refractivity contribution in [2.45, 2.75) is 5.92 Å².